The topological polar surface area (TPSA) is 64.9 Å². The molecule has 3 rings (SSSR count). The van der Waals surface area contributed by atoms with Crippen molar-refractivity contribution in [3.05, 3.63) is 84.4 Å². The van der Waals surface area contributed by atoms with Crippen LogP contribution in [0.15, 0.2) is 84.0 Å². The highest BCUT2D eigenvalue weighted by atomic mass is 32.4. The van der Waals surface area contributed by atoms with Crippen LogP contribution in [0.25, 0.3) is 0 Å². The minimum Gasteiger partial charge on any atom is -0.504 e. The Labute approximate surface area is 151 Å². The molecule has 3 aromatic rings. The number of phenols is 2. The molecule has 0 aliphatic rings. The van der Waals surface area contributed by atoms with E-state index in [4.69, 9.17) is 11.8 Å². The summed E-state index contributed by atoms with van der Waals surface area (Å²) in [6.45, 7) is 0. The van der Waals surface area contributed by atoms with Gasteiger partial charge in [-0.2, -0.15) is 5.10 Å². The number of hydrogen-bond donors (Lipinski definition) is 3. The molecule has 3 aromatic carbocycles. The molecule has 0 atom stereocenters. The molecule has 0 aliphatic heterocycles. The van der Waals surface area contributed by atoms with Gasteiger partial charge < -0.3 is 10.2 Å². The lowest BCUT2D eigenvalue weighted by Crippen LogP contribution is -2.24. The second-order valence-corrected chi connectivity index (χ2v) is 9.48. The molecule has 3 N–H and O–H groups in total. The molecule has 0 heterocycles. The van der Waals surface area contributed by atoms with Crippen LogP contribution in [0.4, 0.5) is 0 Å². The zero-order chi connectivity index (χ0) is 17.7. The van der Waals surface area contributed by atoms with Crippen LogP contribution in [0, 0.1) is 0 Å². The van der Waals surface area contributed by atoms with E-state index in [1.807, 2.05) is 60.7 Å². The van der Waals surface area contributed by atoms with Crippen molar-refractivity contribution in [2.24, 2.45) is 5.10 Å². The van der Waals surface area contributed by atoms with E-state index in [2.05, 4.69) is 10.3 Å². The third-order valence-electron chi connectivity index (χ3n) is 3.65. The summed E-state index contributed by atoms with van der Waals surface area (Å²) < 4.78 is 0. The van der Waals surface area contributed by atoms with Crippen LogP contribution in [-0.2, 0) is 11.8 Å². The van der Waals surface area contributed by atoms with Gasteiger partial charge in [0.2, 0.25) is 0 Å². The molecular weight excluding hydrogens is 351 g/mol. The van der Waals surface area contributed by atoms with Crippen LogP contribution in [-0.4, -0.2) is 16.4 Å². The van der Waals surface area contributed by atoms with Crippen LogP contribution < -0.4 is 15.8 Å². The van der Waals surface area contributed by atoms with E-state index in [1.54, 1.807) is 12.3 Å². The monoisotopic (exact) mass is 368 g/mol. The van der Waals surface area contributed by atoms with Gasteiger partial charge in [-0.3, -0.25) is 5.20 Å². The molecule has 0 aromatic heterocycles. The molecule has 6 heteroatoms. The molecule has 25 heavy (non-hydrogen) atoms. The summed E-state index contributed by atoms with van der Waals surface area (Å²) >= 11 is 5.99. The number of phenolic OH excluding ortho intramolecular Hbond substituents is 2. The molecule has 0 amide bonds. The second-order valence-electron chi connectivity index (χ2n) is 5.39. The van der Waals surface area contributed by atoms with E-state index in [9.17, 15) is 10.2 Å². The van der Waals surface area contributed by atoms with E-state index in [0.717, 1.165) is 10.6 Å². The Morgan fingerprint density at radius 1 is 0.800 bits per heavy atom. The van der Waals surface area contributed by atoms with Gasteiger partial charge in [0.25, 0.3) is 0 Å². The van der Waals surface area contributed by atoms with Crippen molar-refractivity contribution >= 4 is 34.8 Å². The SMILES string of the molecule is Oc1ccc(/C=N/NP(=S)(c2ccccc2)c2ccccc2)cc1O. The molecule has 0 unspecified atom stereocenters. The molecule has 4 nitrogen and oxygen atoms in total. The van der Waals surface area contributed by atoms with Gasteiger partial charge in [0.15, 0.2) is 11.5 Å². The highest BCUT2D eigenvalue weighted by molar-refractivity contribution is 8.20. The summed E-state index contributed by atoms with van der Waals surface area (Å²) in [5.41, 5.74) is 0.658. The summed E-state index contributed by atoms with van der Waals surface area (Å²) in [6.07, 6.45) is -0.733. The first-order valence-corrected chi connectivity index (χ1v) is 10.4. The fourth-order valence-electron chi connectivity index (χ4n) is 2.35. The Balaban J connectivity index is 1.92. The van der Waals surface area contributed by atoms with Gasteiger partial charge in [-0.1, -0.05) is 72.5 Å². The third-order valence-corrected chi connectivity index (χ3v) is 7.61. The molecule has 0 aliphatic carbocycles. The van der Waals surface area contributed by atoms with Gasteiger partial charge in [0, 0.05) is 10.6 Å². The Morgan fingerprint density at radius 2 is 1.36 bits per heavy atom. The highest BCUT2D eigenvalue weighted by Crippen LogP contribution is 2.38. The maximum Gasteiger partial charge on any atom is 0.158 e. The predicted octanol–water partition coefficient (Wildman–Crippen LogP) is 3.07. The van der Waals surface area contributed by atoms with Crippen LogP contribution in [0.1, 0.15) is 5.56 Å². The maximum atomic E-state index is 9.57. The van der Waals surface area contributed by atoms with Crippen molar-refractivity contribution in [1.82, 2.24) is 5.20 Å². The largest absolute Gasteiger partial charge is 0.504 e. The number of hydrogen-bond acceptors (Lipinski definition) is 4. The molecule has 0 bridgehead atoms. The lowest BCUT2D eigenvalue weighted by atomic mass is 10.2. The quantitative estimate of drug-likeness (QED) is 0.280. The first-order chi connectivity index (χ1) is 12.1. The van der Waals surface area contributed by atoms with E-state index in [1.165, 1.54) is 12.1 Å². The molecular formula is C19H17N2O2PS. The van der Waals surface area contributed by atoms with E-state index in [-0.39, 0.29) is 11.5 Å². The Hall–Kier alpha value is -2.62. The fourth-order valence-corrected chi connectivity index (χ4v) is 5.15. The van der Waals surface area contributed by atoms with Gasteiger partial charge in [-0.15, -0.1) is 0 Å². The Morgan fingerprint density at radius 3 is 1.88 bits per heavy atom. The predicted molar refractivity (Wildman–Crippen MR) is 107 cm³/mol. The van der Waals surface area contributed by atoms with Crippen LogP contribution >= 0.6 is 6.19 Å². The highest BCUT2D eigenvalue weighted by Gasteiger charge is 2.21. The molecule has 126 valence electrons. The first-order valence-electron chi connectivity index (χ1n) is 7.63. The number of rotatable bonds is 5. The standard InChI is InChI=1S/C19H17N2O2PS/c22-18-12-11-15(13-19(18)23)14-20-21-24(25,16-7-3-1-4-8-16)17-9-5-2-6-10-17/h1-14,22-23H,(H,21,25)/b20-14+. The molecule has 0 radical (unpaired) electrons. The average Bonchev–Trinajstić information content (AvgIpc) is 2.66. The van der Waals surface area contributed by atoms with Gasteiger partial charge in [-0.25, -0.2) is 0 Å². The van der Waals surface area contributed by atoms with Crippen molar-refractivity contribution in [1.29, 1.82) is 0 Å². The maximum absolute atomic E-state index is 9.57. The zero-order valence-corrected chi connectivity index (χ0v) is 15.0. The summed E-state index contributed by atoms with van der Waals surface area (Å²) in [4.78, 5) is 0. The molecule has 0 saturated heterocycles. The van der Waals surface area contributed by atoms with E-state index in [0.29, 0.717) is 5.56 Å². The molecule has 0 fully saturated rings. The van der Waals surface area contributed by atoms with Gasteiger partial charge >= 0.3 is 0 Å². The van der Waals surface area contributed by atoms with Gasteiger partial charge in [-0.05, 0) is 23.8 Å². The third kappa shape index (κ3) is 3.90. The molecule has 0 spiro atoms. The summed E-state index contributed by atoms with van der Waals surface area (Å²) in [5.74, 6) is -0.349. The van der Waals surface area contributed by atoms with E-state index >= 15 is 0 Å². The van der Waals surface area contributed by atoms with Crippen molar-refractivity contribution in [2.45, 2.75) is 0 Å². The lowest BCUT2D eigenvalue weighted by molar-refractivity contribution is 0.403. The van der Waals surface area contributed by atoms with Crippen molar-refractivity contribution in [3.8, 4) is 11.5 Å². The molecule has 0 saturated carbocycles. The number of nitrogens with one attached hydrogen (secondary N) is 1. The minimum atomic E-state index is -2.31. The van der Waals surface area contributed by atoms with Crippen LogP contribution in [0.2, 0.25) is 0 Å². The Kier molecular flexibility index (Phi) is 5.17. The van der Waals surface area contributed by atoms with Crippen LogP contribution in [0.5, 0.6) is 11.5 Å². The van der Waals surface area contributed by atoms with Gasteiger partial charge in [0.05, 0.1) is 6.21 Å². The number of benzene rings is 3. The van der Waals surface area contributed by atoms with Crippen molar-refractivity contribution in [3.63, 3.8) is 0 Å². The normalized spacial score (nSPS) is 11.5. The number of aromatic hydroxyl groups is 2. The number of nitrogens with zero attached hydrogens (tertiary/aromatic N) is 1. The smallest absolute Gasteiger partial charge is 0.158 e. The summed E-state index contributed by atoms with van der Waals surface area (Å²) in [6, 6.07) is 24.3. The fraction of sp³-hybridized carbons (Fsp3) is 0. The first kappa shape index (κ1) is 17.2. The summed E-state index contributed by atoms with van der Waals surface area (Å²) in [7, 11) is 0. The average molecular weight is 368 g/mol. The lowest BCUT2D eigenvalue weighted by Gasteiger charge is -2.22. The van der Waals surface area contributed by atoms with Crippen LogP contribution in [0.3, 0.4) is 0 Å². The Bertz CT molecular complexity index is 887. The zero-order valence-electron chi connectivity index (χ0n) is 13.3. The minimum absolute atomic E-state index is 0.163. The second kappa shape index (κ2) is 7.51. The van der Waals surface area contributed by atoms with Crippen molar-refractivity contribution < 1.29 is 10.2 Å². The summed E-state index contributed by atoms with van der Waals surface area (Å²) in [5, 5.41) is 28.5. The number of hydrazone groups is 1. The van der Waals surface area contributed by atoms with Crippen molar-refractivity contribution in [2.75, 3.05) is 0 Å². The van der Waals surface area contributed by atoms with Gasteiger partial charge in [0.1, 0.15) is 6.19 Å². The van der Waals surface area contributed by atoms with E-state index < -0.39 is 6.19 Å².